The number of rotatable bonds is 1. The fraction of sp³-hybridized carbons (Fsp3) is 0.625. The van der Waals surface area contributed by atoms with E-state index >= 15 is 0 Å². The van der Waals surface area contributed by atoms with Crippen LogP contribution in [0.3, 0.4) is 0 Å². The summed E-state index contributed by atoms with van der Waals surface area (Å²) < 4.78 is 1.33. The second-order valence-corrected chi connectivity index (χ2v) is 7.81. The topological polar surface area (TPSA) is 6.48 Å². The molecule has 0 saturated carbocycles. The van der Waals surface area contributed by atoms with Gasteiger partial charge in [-0.05, 0) is 85.1 Å². The first-order valence-electron chi connectivity index (χ1n) is 7.48. The fourth-order valence-electron chi connectivity index (χ4n) is 4.51. The Labute approximate surface area is 129 Å². The Morgan fingerprint density at radius 1 is 1.00 bits per heavy atom. The van der Waals surface area contributed by atoms with E-state index in [0.717, 1.165) is 5.92 Å². The van der Waals surface area contributed by atoms with Crippen molar-refractivity contribution in [3.63, 3.8) is 0 Å². The van der Waals surface area contributed by atoms with Crippen LogP contribution in [0.2, 0.25) is 0 Å². The van der Waals surface area contributed by atoms with Crippen LogP contribution in [0.15, 0.2) is 24.3 Å². The molecule has 0 aliphatic carbocycles. The predicted molar refractivity (Wildman–Crippen MR) is 87.6 cm³/mol. The first-order chi connectivity index (χ1) is 9.25. The summed E-state index contributed by atoms with van der Waals surface area (Å²) in [5.74, 6) is 0.992. The van der Waals surface area contributed by atoms with Crippen LogP contribution >= 0.6 is 22.6 Å². The van der Waals surface area contributed by atoms with Crippen LogP contribution in [0.25, 0.3) is 0 Å². The molecular formula is C16H21IN2. The van der Waals surface area contributed by atoms with E-state index < -0.39 is 0 Å². The fourth-order valence-corrected chi connectivity index (χ4v) is 4.87. The number of halogens is 1. The van der Waals surface area contributed by atoms with Gasteiger partial charge in [0.2, 0.25) is 0 Å². The second-order valence-electron chi connectivity index (χ2n) is 6.56. The van der Waals surface area contributed by atoms with Gasteiger partial charge in [0.15, 0.2) is 0 Å². The highest BCUT2D eigenvalue weighted by Crippen LogP contribution is 2.48. The molecule has 1 atom stereocenters. The maximum absolute atomic E-state index is 2.71. The van der Waals surface area contributed by atoms with Gasteiger partial charge in [-0.1, -0.05) is 0 Å². The van der Waals surface area contributed by atoms with E-state index in [0.29, 0.717) is 5.41 Å². The minimum absolute atomic E-state index is 0.611. The molecule has 1 aromatic rings. The molecule has 1 aromatic carbocycles. The molecule has 1 unspecified atom stereocenters. The number of anilines is 1. The van der Waals surface area contributed by atoms with Crippen LogP contribution in [0.1, 0.15) is 19.3 Å². The molecule has 0 N–H and O–H groups in total. The summed E-state index contributed by atoms with van der Waals surface area (Å²) in [6, 6.07) is 9.05. The van der Waals surface area contributed by atoms with Gasteiger partial charge in [0.1, 0.15) is 0 Å². The number of hydrogen-bond acceptors (Lipinski definition) is 2. The first-order valence-corrected chi connectivity index (χ1v) is 8.56. The van der Waals surface area contributed by atoms with Crippen LogP contribution in [0.5, 0.6) is 0 Å². The third-order valence-corrected chi connectivity index (χ3v) is 6.29. The molecule has 4 saturated heterocycles. The Kier molecular flexibility index (Phi) is 3.03. The zero-order valence-corrected chi connectivity index (χ0v) is 13.5. The molecule has 0 aromatic heterocycles. The molecule has 4 aliphatic heterocycles. The summed E-state index contributed by atoms with van der Waals surface area (Å²) in [5.41, 5.74) is 2.04. The Bertz CT molecular complexity index is 464. The third-order valence-electron chi connectivity index (χ3n) is 5.57. The lowest BCUT2D eigenvalue weighted by Crippen LogP contribution is -2.55. The van der Waals surface area contributed by atoms with E-state index in [-0.39, 0.29) is 0 Å². The van der Waals surface area contributed by atoms with Crippen molar-refractivity contribution in [3.05, 3.63) is 27.8 Å². The number of benzene rings is 1. The molecule has 3 heteroatoms. The smallest absolute Gasteiger partial charge is 0.0367 e. The maximum Gasteiger partial charge on any atom is 0.0367 e. The molecule has 0 radical (unpaired) electrons. The monoisotopic (exact) mass is 368 g/mol. The van der Waals surface area contributed by atoms with Crippen LogP contribution in [0.4, 0.5) is 5.69 Å². The molecule has 1 spiro atoms. The second kappa shape index (κ2) is 4.62. The van der Waals surface area contributed by atoms with Crippen molar-refractivity contribution in [2.45, 2.75) is 19.3 Å². The summed E-state index contributed by atoms with van der Waals surface area (Å²) in [5, 5.41) is 0. The van der Waals surface area contributed by atoms with Crippen LogP contribution in [-0.2, 0) is 0 Å². The van der Waals surface area contributed by atoms with Crippen molar-refractivity contribution in [2.24, 2.45) is 11.3 Å². The highest BCUT2D eigenvalue weighted by atomic mass is 127. The van der Waals surface area contributed by atoms with E-state index in [4.69, 9.17) is 0 Å². The van der Waals surface area contributed by atoms with Crippen molar-refractivity contribution in [1.82, 2.24) is 4.90 Å². The summed E-state index contributed by atoms with van der Waals surface area (Å²) >= 11 is 2.39. The largest absolute Gasteiger partial charge is 0.371 e. The van der Waals surface area contributed by atoms with E-state index in [1.807, 2.05) is 0 Å². The van der Waals surface area contributed by atoms with Gasteiger partial charge in [0.25, 0.3) is 0 Å². The average Bonchev–Trinajstić information content (AvgIpc) is 2.85. The highest BCUT2D eigenvalue weighted by molar-refractivity contribution is 14.1. The third kappa shape index (κ3) is 2.09. The Morgan fingerprint density at radius 3 is 2.37 bits per heavy atom. The highest BCUT2D eigenvalue weighted by Gasteiger charge is 2.50. The molecular weight excluding hydrogens is 347 g/mol. The minimum Gasteiger partial charge on any atom is -0.371 e. The van der Waals surface area contributed by atoms with Gasteiger partial charge in [-0.25, -0.2) is 0 Å². The van der Waals surface area contributed by atoms with Gasteiger partial charge in [0.05, 0.1) is 0 Å². The van der Waals surface area contributed by atoms with Gasteiger partial charge in [-0.15, -0.1) is 0 Å². The Balaban J connectivity index is 1.55. The summed E-state index contributed by atoms with van der Waals surface area (Å²) in [4.78, 5) is 5.33. The van der Waals surface area contributed by atoms with Crippen molar-refractivity contribution >= 4 is 28.3 Å². The minimum atomic E-state index is 0.611. The number of fused-ring (bicyclic) bond motifs is 2. The van der Waals surface area contributed by atoms with Crippen molar-refractivity contribution in [2.75, 3.05) is 37.6 Å². The lowest BCUT2D eigenvalue weighted by atomic mass is 9.66. The van der Waals surface area contributed by atoms with Crippen molar-refractivity contribution in [3.8, 4) is 0 Å². The van der Waals surface area contributed by atoms with Gasteiger partial charge >= 0.3 is 0 Å². The zero-order chi connectivity index (χ0) is 12.9. The Morgan fingerprint density at radius 2 is 1.74 bits per heavy atom. The molecule has 102 valence electrons. The van der Waals surface area contributed by atoms with Gasteiger partial charge in [-0.3, -0.25) is 0 Å². The van der Waals surface area contributed by atoms with E-state index in [1.54, 1.807) is 0 Å². The van der Waals surface area contributed by atoms with Crippen LogP contribution < -0.4 is 4.90 Å². The molecule has 2 nitrogen and oxygen atoms in total. The summed E-state index contributed by atoms with van der Waals surface area (Å²) in [6.45, 7) is 6.62. The quantitative estimate of drug-likeness (QED) is 0.703. The molecule has 5 rings (SSSR count). The van der Waals surface area contributed by atoms with Gasteiger partial charge in [-0.2, -0.15) is 0 Å². The van der Waals surface area contributed by atoms with Crippen LogP contribution in [-0.4, -0.2) is 37.6 Å². The predicted octanol–water partition coefficient (Wildman–Crippen LogP) is 3.21. The molecule has 2 bridgehead atoms. The lowest BCUT2D eigenvalue weighted by molar-refractivity contribution is -0.0145. The summed E-state index contributed by atoms with van der Waals surface area (Å²) in [7, 11) is 0. The van der Waals surface area contributed by atoms with E-state index in [2.05, 4.69) is 56.7 Å². The van der Waals surface area contributed by atoms with E-state index in [1.165, 1.54) is 61.2 Å². The van der Waals surface area contributed by atoms with Crippen molar-refractivity contribution < 1.29 is 0 Å². The molecule has 4 aliphatic rings. The van der Waals surface area contributed by atoms with E-state index in [9.17, 15) is 0 Å². The van der Waals surface area contributed by atoms with Gasteiger partial charge in [0, 0.05) is 34.3 Å². The maximum atomic E-state index is 2.71. The normalized spacial score (nSPS) is 37.2. The van der Waals surface area contributed by atoms with Crippen LogP contribution in [0, 0.1) is 14.9 Å². The Hall–Kier alpha value is -0.290. The molecule has 4 heterocycles. The zero-order valence-electron chi connectivity index (χ0n) is 11.3. The number of hydrogen-bond donors (Lipinski definition) is 0. The standard InChI is InChI=1S/C16H21IN2/c17-14-1-3-15(4-2-14)19-10-7-16(12-19)11-18-8-5-13(16)6-9-18/h1-4,13H,5-12H2. The lowest BCUT2D eigenvalue weighted by Gasteiger charge is -2.51. The molecule has 19 heavy (non-hydrogen) atoms. The molecule has 4 fully saturated rings. The SMILES string of the molecule is Ic1ccc(N2CCC3(CN4CCC3CC4)C2)cc1. The number of piperidine rings is 3. The van der Waals surface area contributed by atoms with Gasteiger partial charge < -0.3 is 9.80 Å². The first kappa shape index (κ1) is 12.5. The number of nitrogens with zero attached hydrogens (tertiary/aromatic N) is 2. The van der Waals surface area contributed by atoms with Crippen molar-refractivity contribution in [1.29, 1.82) is 0 Å². The summed E-state index contributed by atoms with van der Waals surface area (Å²) in [6.07, 6.45) is 4.29. The average molecular weight is 368 g/mol. The molecule has 0 amide bonds.